The predicted octanol–water partition coefficient (Wildman–Crippen LogP) is 3.08. The van der Waals surface area contributed by atoms with Crippen molar-refractivity contribution in [3.63, 3.8) is 0 Å². The molecule has 0 saturated carbocycles. The first kappa shape index (κ1) is 11.4. The maximum atomic E-state index is 12.9. The number of halogens is 4. The summed E-state index contributed by atoms with van der Waals surface area (Å²) in [6.07, 6.45) is -4.90. The van der Waals surface area contributed by atoms with E-state index in [9.17, 15) is 17.6 Å². The highest BCUT2D eigenvalue weighted by atomic mass is 19.4. The van der Waals surface area contributed by atoms with Gasteiger partial charge in [0.15, 0.2) is 0 Å². The van der Waals surface area contributed by atoms with Gasteiger partial charge in [0.05, 0.1) is 5.56 Å². The van der Waals surface area contributed by atoms with E-state index in [1.165, 1.54) is 12.1 Å². The fourth-order valence-corrected chi connectivity index (χ4v) is 1.85. The number of hydrogen-bond acceptors (Lipinski definition) is 1. The summed E-state index contributed by atoms with van der Waals surface area (Å²) in [5, 5.41) is 2.92. The monoisotopic (exact) mass is 233 g/mol. The Morgan fingerprint density at radius 2 is 1.75 bits per heavy atom. The van der Waals surface area contributed by atoms with Crippen molar-refractivity contribution in [2.75, 3.05) is 6.54 Å². The van der Waals surface area contributed by atoms with Gasteiger partial charge in [-0.05, 0) is 24.1 Å². The first-order chi connectivity index (χ1) is 7.47. The quantitative estimate of drug-likeness (QED) is 0.735. The Balaban J connectivity index is 2.14. The summed E-state index contributed by atoms with van der Waals surface area (Å²) in [6.45, 7) is 0.270. The molecule has 2 unspecified atom stereocenters. The molecule has 88 valence electrons. The molecule has 0 amide bonds. The highest BCUT2D eigenvalue weighted by Gasteiger charge is 2.31. The van der Waals surface area contributed by atoms with Crippen molar-refractivity contribution >= 4 is 0 Å². The molecule has 0 spiro atoms. The summed E-state index contributed by atoms with van der Waals surface area (Å²) >= 11 is 0. The molecule has 1 aromatic rings. The van der Waals surface area contributed by atoms with E-state index in [1.807, 2.05) is 0 Å². The van der Waals surface area contributed by atoms with Crippen LogP contribution in [0.4, 0.5) is 17.6 Å². The fourth-order valence-electron chi connectivity index (χ4n) is 1.85. The van der Waals surface area contributed by atoms with Gasteiger partial charge < -0.3 is 5.32 Å². The van der Waals surface area contributed by atoms with Crippen LogP contribution in [0.25, 0.3) is 0 Å². The molecule has 1 fully saturated rings. The van der Waals surface area contributed by atoms with Gasteiger partial charge in [-0.2, -0.15) is 13.2 Å². The van der Waals surface area contributed by atoms with Crippen LogP contribution in [0.1, 0.15) is 23.6 Å². The molecule has 16 heavy (non-hydrogen) atoms. The van der Waals surface area contributed by atoms with Crippen molar-refractivity contribution in [3.8, 4) is 0 Å². The van der Waals surface area contributed by atoms with Gasteiger partial charge in [-0.1, -0.05) is 12.1 Å². The molecule has 0 radical (unpaired) electrons. The molecule has 1 N–H and O–H groups in total. The summed E-state index contributed by atoms with van der Waals surface area (Å²) in [6, 6.07) is 4.69. The number of hydrogen-bond donors (Lipinski definition) is 1. The van der Waals surface area contributed by atoms with Crippen LogP contribution in [0.2, 0.25) is 0 Å². The van der Waals surface area contributed by atoms with Crippen molar-refractivity contribution in [3.05, 3.63) is 35.4 Å². The maximum Gasteiger partial charge on any atom is 0.416 e. The summed E-state index contributed by atoms with van der Waals surface area (Å²) < 4.78 is 49.7. The van der Waals surface area contributed by atoms with Gasteiger partial charge in [-0.25, -0.2) is 4.39 Å². The average Bonchev–Trinajstić information content (AvgIpc) is 2.64. The zero-order valence-electron chi connectivity index (χ0n) is 8.39. The lowest BCUT2D eigenvalue weighted by Gasteiger charge is -2.12. The second-order valence-corrected chi connectivity index (χ2v) is 3.91. The Morgan fingerprint density at radius 1 is 1.12 bits per heavy atom. The van der Waals surface area contributed by atoms with Crippen molar-refractivity contribution < 1.29 is 17.6 Å². The normalized spacial score (nSPS) is 26.0. The van der Waals surface area contributed by atoms with Gasteiger partial charge in [-0.3, -0.25) is 0 Å². The Bertz CT molecular complexity index is 357. The lowest BCUT2D eigenvalue weighted by Crippen LogP contribution is -2.14. The van der Waals surface area contributed by atoms with Crippen molar-refractivity contribution in [1.82, 2.24) is 5.32 Å². The Kier molecular flexibility index (Phi) is 2.88. The summed E-state index contributed by atoms with van der Waals surface area (Å²) in [4.78, 5) is 0. The topological polar surface area (TPSA) is 12.0 Å². The smallest absolute Gasteiger partial charge is 0.307 e. The molecule has 5 heteroatoms. The molecule has 2 atom stereocenters. The molecule has 1 aromatic carbocycles. The average molecular weight is 233 g/mol. The van der Waals surface area contributed by atoms with Crippen LogP contribution in [0.15, 0.2) is 24.3 Å². The van der Waals surface area contributed by atoms with Gasteiger partial charge in [0.1, 0.15) is 6.17 Å². The van der Waals surface area contributed by atoms with E-state index in [0.717, 1.165) is 12.1 Å². The van der Waals surface area contributed by atoms with Crippen LogP contribution in [0.5, 0.6) is 0 Å². The van der Waals surface area contributed by atoms with Crippen LogP contribution in [-0.4, -0.2) is 12.7 Å². The molecule has 2 rings (SSSR count). The Morgan fingerprint density at radius 3 is 2.19 bits per heavy atom. The third kappa shape index (κ3) is 2.35. The van der Waals surface area contributed by atoms with Gasteiger partial charge >= 0.3 is 6.18 Å². The van der Waals surface area contributed by atoms with E-state index in [2.05, 4.69) is 5.32 Å². The van der Waals surface area contributed by atoms with Gasteiger partial charge in [0.25, 0.3) is 0 Å². The third-order valence-corrected chi connectivity index (χ3v) is 2.72. The number of alkyl halides is 4. The lowest BCUT2D eigenvalue weighted by molar-refractivity contribution is -0.137. The van der Waals surface area contributed by atoms with Crippen LogP contribution < -0.4 is 5.32 Å². The van der Waals surface area contributed by atoms with E-state index in [-0.39, 0.29) is 12.6 Å². The molecular formula is C11H11F4N. The molecule has 1 aliphatic rings. The molecule has 1 aliphatic heterocycles. The number of benzene rings is 1. The lowest BCUT2D eigenvalue weighted by atomic mass is 10.0. The van der Waals surface area contributed by atoms with E-state index in [4.69, 9.17) is 0 Å². The fraction of sp³-hybridized carbons (Fsp3) is 0.455. The van der Waals surface area contributed by atoms with Gasteiger partial charge in [-0.15, -0.1) is 0 Å². The molecule has 1 heterocycles. The van der Waals surface area contributed by atoms with E-state index < -0.39 is 17.9 Å². The molecule has 0 bridgehead atoms. The van der Waals surface area contributed by atoms with Crippen molar-refractivity contribution in [1.29, 1.82) is 0 Å². The van der Waals surface area contributed by atoms with E-state index >= 15 is 0 Å². The minimum absolute atomic E-state index is 0.169. The summed E-state index contributed by atoms with van der Waals surface area (Å²) in [5.41, 5.74) is 0.0270. The molecule has 0 aliphatic carbocycles. The van der Waals surface area contributed by atoms with Gasteiger partial charge in [0, 0.05) is 12.6 Å². The number of rotatable bonds is 1. The Labute approximate surface area is 90.5 Å². The second kappa shape index (κ2) is 4.05. The molecular weight excluding hydrogens is 222 g/mol. The van der Waals surface area contributed by atoms with Crippen molar-refractivity contribution in [2.24, 2.45) is 0 Å². The summed E-state index contributed by atoms with van der Waals surface area (Å²) in [7, 11) is 0. The van der Waals surface area contributed by atoms with Crippen molar-refractivity contribution in [2.45, 2.75) is 24.8 Å². The largest absolute Gasteiger partial charge is 0.416 e. The van der Waals surface area contributed by atoms with Crippen LogP contribution >= 0.6 is 0 Å². The van der Waals surface area contributed by atoms with E-state index in [0.29, 0.717) is 12.0 Å². The van der Waals surface area contributed by atoms with Crippen LogP contribution in [-0.2, 0) is 6.18 Å². The van der Waals surface area contributed by atoms with E-state index in [1.54, 1.807) is 0 Å². The first-order valence-corrected chi connectivity index (χ1v) is 5.01. The Hall–Kier alpha value is -1.10. The highest BCUT2D eigenvalue weighted by molar-refractivity contribution is 5.27. The predicted molar refractivity (Wildman–Crippen MR) is 51.7 cm³/mol. The standard InChI is InChI=1S/C11H11F4N/c12-9-5-10(16-6-9)7-1-3-8(4-2-7)11(13,14)15/h1-4,9-10,16H,5-6H2. The number of nitrogens with one attached hydrogen (secondary N) is 1. The molecule has 1 saturated heterocycles. The maximum absolute atomic E-state index is 12.9. The summed E-state index contributed by atoms with van der Waals surface area (Å²) in [5.74, 6) is 0. The van der Waals surface area contributed by atoms with Crippen LogP contribution in [0, 0.1) is 0 Å². The minimum atomic E-state index is -4.32. The van der Waals surface area contributed by atoms with Gasteiger partial charge in [0.2, 0.25) is 0 Å². The SMILES string of the molecule is FC1CNC(c2ccc(C(F)(F)F)cc2)C1. The third-order valence-electron chi connectivity index (χ3n) is 2.72. The first-order valence-electron chi connectivity index (χ1n) is 5.01. The second-order valence-electron chi connectivity index (χ2n) is 3.91. The molecule has 1 nitrogen and oxygen atoms in total. The zero-order valence-corrected chi connectivity index (χ0v) is 8.39. The molecule has 0 aromatic heterocycles. The highest BCUT2D eigenvalue weighted by Crippen LogP contribution is 2.31. The van der Waals surface area contributed by atoms with Crippen LogP contribution in [0.3, 0.4) is 0 Å². The zero-order chi connectivity index (χ0) is 11.8. The minimum Gasteiger partial charge on any atom is -0.307 e.